The van der Waals surface area contributed by atoms with Crippen molar-refractivity contribution in [2.75, 3.05) is 13.2 Å². The fourth-order valence-electron chi connectivity index (χ4n) is 4.28. The molecule has 0 spiro atoms. The highest BCUT2D eigenvalue weighted by Gasteiger charge is 2.14. The van der Waals surface area contributed by atoms with Gasteiger partial charge in [-0.25, -0.2) is 14.4 Å². The van der Waals surface area contributed by atoms with Gasteiger partial charge in [-0.3, -0.25) is 4.79 Å². The topological polar surface area (TPSA) is 109 Å². The van der Waals surface area contributed by atoms with Crippen LogP contribution in [0.15, 0.2) is 76.0 Å². The van der Waals surface area contributed by atoms with Crippen LogP contribution in [-0.4, -0.2) is 31.1 Å². The van der Waals surface area contributed by atoms with E-state index in [0.717, 1.165) is 42.2 Å². The van der Waals surface area contributed by atoms with Crippen molar-refractivity contribution in [2.24, 2.45) is 5.92 Å². The Labute approximate surface area is 252 Å². The SMILES string of the molecule is C=C(C)C(=O)OCCCCc1cc(CCCCOC(=O)C(C)C)cc2cc(-c3ccc(OC(=O)C(=C)C)cc3)c(=O)oc12. The Morgan fingerprint density at radius 1 is 0.814 bits per heavy atom. The van der Waals surface area contributed by atoms with E-state index in [2.05, 4.69) is 19.2 Å². The number of aryl methyl sites for hydroxylation is 2. The monoisotopic (exact) mass is 588 g/mol. The van der Waals surface area contributed by atoms with Gasteiger partial charge in [-0.15, -0.1) is 0 Å². The number of unbranched alkanes of at least 4 members (excludes halogenated alkanes) is 2. The molecule has 0 N–H and O–H groups in total. The maximum Gasteiger partial charge on any atom is 0.344 e. The average Bonchev–Trinajstić information content (AvgIpc) is 2.96. The van der Waals surface area contributed by atoms with Crippen LogP contribution < -0.4 is 10.4 Å². The summed E-state index contributed by atoms with van der Waals surface area (Å²) in [6.45, 7) is 14.6. The fraction of sp³-hybridized carbons (Fsp3) is 0.371. The fourth-order valence-corrected chi connectivity index (χ4v) is 4.28. The molecular formula is C35H40O8. The van der Waals surface area contributed by atoms with Gasteiger partial charge in [0.15, 0.2) is 0 Å². The van der Waals surface area contributed by atoms with Crippen molar-refractivity contribution in [3.05, 3.63) is 88.3 Å². The lowest BCUT2D eigenvalue weighted by atomic mass is 9.97. The van der Waals surface area contributed by atoms with Gasteiger partial charge in [0.05, 0.1) is 24.7 Å². The highest BCUT2D eigenvalue weighted by molar-refractivity contribution is 5.89. The van der Waals surface area contributed by atoms with Crippen molar-refractivity contribution in [2.45, 2.75) is 66.2 Å². The first-order valence-corrected chi connectivity index (χ1v) is 14.5. The van der Waals surface area contributed by atoms with Gasteiger partial charge in [0.2, 0.25) is 0 Å². The molecule has 8 heteroatoms. The molecule has 8 nitrogen and oxygen atoms in total. The van der Waals surface area contributed by atoms with Crippen molar-refractivity contribution in [3.8, 4) is 16.9 Å². The number of hydrogen-bond donors (Lipinski definition) is 0. The smallest absolute Gasteiger partial charge is 0.344 e. The summed E-state index contributed by atoms with van der Waals surface area (Å²) in [5, 5.41) is 0.792. The van der Waals surface area contributed by atoms with Crippen LogP contribution >= 0.6 is 0 Å². The van der Waals surface area contributed by atoms with Gasteiger partial charge in [-0.2, -0.15) is 0 Å². The van der Waals surface area contributed by atoms with Gasteiger partial charge in [-0.05, 0) is 93.3 Å². The van der Waals surface area contributed by atoms with E-state index in [1.807, 2.05) is 26.0 Å². The Kier molecular flexibility index (Phi) is 12.0. The number of ether oxygens (including phenoxy) is 3. The molecule has 0 radical (unpaired) electrons. The van der Waals surface area contributed by atoms with Gasteiger partial charge in [-0.1, -0.05) is 45.2 Å². The second-order valence-electron chi connectivity index (χ2n) is 11.0. The zero-order valence-electron chi connectivity index (χ0n) is 25.5. The highest BCUT2D eigenvalue weighted by atomic mass is 16.5. The van der Waals surface area contributed by atoms with Crippen molar-refractivity contribution in [1.82, 2.24) is 0 Å². The van der Waals surface area contributed by atoms with Gasteiger partial charge in [0.25, 0.3) is 0 Å². The van der Waals surface area contributed by atoms with Crippen LogP contribution in [-0.2, 0) is 36.7 Å². The van der Waals surface area contributed by atoms with Crippen molar-refractivity contribution in [3.63, 3.8) is 0 Å². The standard InChI is InChI=1S/C35H40O8/c1-22(2)32(36)40-17-9-7-11-25-19-27(12-8-10-18-41-33(37)23(3)4)31-28(20-25)21-30(35(39)43-31)26-13-15-29(16-14-26)42-34(38)24(5)6/h13-16,19-22H,3,5,7-12,17-18H2,1-2,4,6H3. The lowest BCUT2D eigenvalue weighted by Gasteiger charge is -2.12. The highest BCUT2D eigenvalue weighted by Crippen LogP contribution is 2.28. The molecule has 2 aromatic carbocycles. The number of hydrogen-bond acceptors (Lipinski definition) is 8. The number of fused-ring (bicyclic) bond motifs is 1. The van der Waals surface area contributed by atoms with Gasteiger partial charge in [0, 0.05) is 16.5 Å². The molecule has 228 valence electrons. The van der Waals surface area contributed by atoms with Crippen LogP contribution in [0.5, 0.6) is 5.75 Å². The third kappa shape index (κ3) is 9.81. The van der Waals surface area contributed by atoms with Crippen LogP contribution in [0.2, 0.25) is 0 Å². The van der Waals surface area contributed by atoms with Gasteiger partial charge >= 0.3 is 23.5 Å². The van der Waals surface area contributed by atoms with Crippen LogP contribution in [0.1, 0.15) is 64.5 Å². The van der Waals surface area contributed by atoms with E-state index >= 15 is 0 Å². The second kappa shape index (κ2) is 15.7. The Morgan fingerprint density at radius 2 is 1.44 bits per heavy atom. The van der Waals surface area contributed by atoms with Crippen LogP contribution in [0, 0.1) is 5.92 Å². The summed E-state index contributed by atoms with van der Waals surface area (Å²) < 4.78 is 21.6. The van der Waals surface area contributed by atoms with Crippen LogP contribution in [0.25, 0.3) is 22.1 Å². The predicted octanol–water partition coefficient (Wildman–Crippen LogP) is 6.91. The first kappa shape index (κ1) is 33.0. The number of carbonyl (C=O) groups is 3. The largest absolute Gasteiger partial charge is 0.465 e. The Hall–Kier alpha value is -4.46. The minimum Gasteiger partial charge on any atom is -0.465 e. The Balaban J connectivity index is 1.83. The summed E-state index contributed by atoms with van der Waals surface area (Å²) in [4.78, 5) is 48.4. The maximum absolute atomic E-state index is 13.1. The van der Waals surface area contributed by atoms with Crippen LogP contribution in [0.4, 0.5) is 0 Å². The molecule has 0 amide bonds. The molecule has 3 rings (SSSR count). The molecular weight excluding hydrogens is 548 g/mol. The summed E-state index contributed by atoms with van der Waals surface area (Å²) in [7, 11) is 0. The maximum atomic E-state index is 13.1. The first-order chi connectivity index (χ1) is 20.5. The molecule has 0 fully saturated rings. The molecule has 0 saturated heterocycles. The lowest BCUT2D eigenvalue weighted by molar-refractivity contribution is -0.147. The molecule has 0 unspecified atom stereocenters. The normalized spacial score (nSPS) is 10.9. The summed E-state index contributed by atoms with van der Waals surface area (Å²) in [6, 6.07) is 12.5. The van der Waals surface area contributed by atoms with Crippen molar-refractivity contribution >= 4 is 28.9 Å². The lowest BCUT2D eigenvalue weighted by Crippen LogP contribution is -2.12. The van der Waals surface area contributed by atoms with E-state index in [4.69, 9.17) is 18.6 Å². The minimum atomic E-state index is -0.523. The van der Waals surface area contributed by atoms with Crippen molar-refractivity contribution in [1.29, 1.82) is 0 Å². The molecule has 1 aromatic heterocycles. The quantitative estimate of drug-likeness (QED) is 0.0620. The molecule has 0 aliphatic heterocycles. The van der Waals surface area contributed by atoms with E-state index in [-0.39, 0.29) is 24.1 Å². The number of rotatable bonds is 15. The predicted molar refractivity (Wildman–Crippen MR) is 166 cm³/mol. The molecule has 43 heavy (non-hydrogen) atoms. The van der Waals surface area contributed by atoms with Gasteiger partial charge in [0.1, 0.15) is 11.3 Å². The van der Waals surface area contributed by atoms with E-state index in [1.165, 1.54) is 0 Å². The third-order valence-corrected chi connectivity index (χ3v) is 6.69. The van der Waals surface area contributed by atoms with Gasteiger partial charge < -0.3 is 18.6 Å². The summed E-state index contributed by atoms with van der Waals surface area (Å²) in [6.07, 6.45) is 4.32. The van der Waals surface area contributed by atoms with E-state index in [9.17, 15) is 19.2 Å². The van der Waals surface area contributed by atoms with Crippen LogP contribution in [0.3, 0.4) is 0 Å². The molecule has 0 atom stereocenters. The van der Waals surface area contributed by atoms with E-state index in [0.29, 0.717) is 47.5 Å². The zero-order valence-corrected chi connectivity index (χ0v) is 25.5. The Bertz CT molecular complexity index is 1540. The third-order valence-electron chi connectivity index (χ3n) is 6.69. The molecule has 0 saturated carbocycles. The number of carbonyl (C=O) groups excluding carboxylic acids is 3. The second-order valence-corrected chi connectivity index (χ2v) is 11.0. The van der Waals surface area contributed by atoms with Crippen molar-refractivity contribution < 1.29 is 33.0 Å². The van der Waals surface area contributed by atoms with E-state index < -0.39 is 17.6 Å². The first-order valence-electron chi connectivity index (χ1n) is 14.5. The summed E-state index contributed by atoms with van der Waals surface area (Å²) in [5.74, 6) is -0.943. The Morgan fingerprint density at radius 3 is 2.07 bits per heavy atom. The average molecular weight is 589 g/mol. The molecule has 0 bridgehead atoms. The zero-order chi connectivity index (χ0) is 31.5. The summed E-state index contributed by atoms with van der Waals surface area (Å²) >= 11 is 0. The molecule has 3 aromatic rings. The number of esters is 3. The summed E-state index contributed by atoms with van der Waals surface area (Å²) in [5.41, 5.74) is 3.69. The van der Waals surface area contributed by atoms with E-state index in [1.54, 1.807) is 38.1 Å². The molecule has 0 aliphatic carbocycles. The molecule has 0 aliphatic rings. The molecule has 1 heterocycles. The number of benzene rings is 2. The minimum absolute atomic E-state index is 0.154.